The van der Waals surface area contributed by atoms with Gasteiger partial charge in [-0.25, -0.2) is 8.42 Å². The van der Waals surface area contributed by atoms with E-state index in [0.29, 0.717) is 22.5 Å². The Balaban J connectivity index is 1.63. The first-order chi connectivity index (χ1) is 14.4. The predicted molar refractivity (Wildman–Crippen MR) is 123 cm³/mol. The third-order valence-corrected chi connectivity index (χ3v) is 8.47. The second-order valence-electron chi connectivity index (χ2n) is 7.37. The highest BCUT2D eigenvalue weighted by Gasteiger charge is 2.22. The summed E-state index contributed by atoms with van der Waals surface area (Å²) in [5.41, 5.74) is 3.67. The standard InChI is InChI=1S/C22H23ClN2O3S2/c1-14-3-4-16-11-19(20(28-2)12-17(16)13-24-14)25-30(26,27)22-10-9-21(29-22)15-5-7-18(23)8-6-15/h5-12,14,24-25H,3-4,13H2,1-2H3. The molecule has 0 saturated carbocycles. The van der Waals surface area contributed by atoms with Crippen LogP contribution in [0.15, 0.2) is 52.7 Å². The van der Waals surface area contributed by atoms with Gasteiger partial charge in [-0.1, -0.05) is 23.7 Å². The third kappa shape index (κ3) is 4.49. The Labute approximate surface area is 186 Å². The maximum atomic E-state index is 13.1. The molecule has 30 heavy (non-hydrogen) atoms. The van der Waals surface area contributed by atoms with Gasteiger partial charge in [-0.2, -0.15) is 0 Å². The summed E-state index contributed by atoms with van der Waals surface area (Å²) in [6.45, 7) is 2.90. The number of anilines is 1. The van der Waals surface area contributed by atoms with Crippen molar-refractivity contribution in [2.75, 3.05) is 11.8 Å². The SMILES string of the molecule is COc1cc2c(cc1NS(=O)(=O)c1ccc(-c3ccc(Cl)cc3)s1)CCC(C)NC2. The smallest absolute Gasteiger partial charge is 0.271 e. The molecule has 8 heteroatoms. The number of methoxy groups -OCH3 is 1. The normalized spacial score (nSPS) is 16.6. The van der Waals surface area contributed by atoms with Crippen molar-refractivity contribution in [2.45, 2.75) is 36.6 Å². The maximum absolute atomic E-state index is 13.1. The van der Waals surface area contributed by atoms with Crippen LogP contribution in [0.3, 0.4) is 0 Å². The summed E-state index contributed by atoms with van der Waals surface area (Å²) >= 11 is 7.17. The molecule has 1 atom stereocenters. The van der Waals surface area contributed by atoms with Crippen molar-refractivity contribution in [1.82, 2.24) is 5.32 Å². The molecule has 2 heterocycles. The number of benzene rings is 2. The van der Waals surface area contributed by atoms with Gasteiger partial charge in [0, 0.05) is 22.5 Å². The van der Waals surface area contributed by atoms with Crippen molar-refractivity contribution in [2.24, 2.45) is 0 Å². The first-order valence-corrected chi connectivity index (χ1v) is 12.4. The molecule has 0 aliphatic carbocycles. The molecule has 0 bridgehead atoms. The zero-order valence-electron chi connectivity index (χ0n) is 16.7. The van der Waals surface area contributed by atoms with Crippen LogP contribution in [0.5, 0.6) is 5.75 Å². The molecule has 1 aromatic heterocycles. The molecule has 2 N–H and O–H groups in total. The van der Waals surface area contributed by atoms with E-state index in [0.717, 1.165) is 41.0 Å². The fourth-order valence-electron chi connectivity index (χ4n) is 3.50. The molecule has 2 aromatic carbocycles. The molecule has 0 saturated heterocycles. The largest absolute Gasteiger partial charge is 0.495 e. The van der Waals surface area contributed by atoms with Crippen molar-refractivity contribution in [3.05, 3.63) is 64.7 Å². The lowest BCUT2D eigenvalue weighted by Crippen LogP contribution is -2.23. The van der Waals surface area contributed by atoms with E-state index >= 15 is 0 Å². The van der Waals surface area contributed by atoms with E-state index in [1.54, 1.807) is 25.3 Å². The van der Waals surface area contributed by atoms with Gasteiger partial charge in [0.1, 0.15) is 9.96 Å². The number of sulfonamides is 1. The lowest BCUT2D eigenvalue weighted by Gasteiger charge is -2.15. The van der Waals surface area contributed by atoms with Gasteiger partial charge >= 0.3 is 0 Å². The molecule has 1 aliphatic heterocycles. The van der Waals surface area contributed by atoms with Crippen LogP contribution in [0.1, 0.15) is 24.5 Å². The summed E-state index contributed by atoms with van der Waals surface area (Å²) in [6, 6.07) is 15.0. The van der Waals surface area contributed by atoms with Crippen LogP contribution in [0.2, 0.25) is 5.02 Å². The van der Waals surface area contributed by atoms with Gasteiger partial charge in [-0.3, -0.25) is 4.72 Å². The second kappa shape index (κ2) is 8.59. The molecule has 158 valence electrons. The molecule has 0 spiro atoms. The van der Waals surface area contributed by atoms with Crippen LogP contribution in [0.4, 0.5) is 5.69 Å². The number of rotatable bonds is 5. The molecular formula is C22H23ClN2O3S2. The van der Waals surface area contributed by atoms with Gasteiger partial charge in [0.15, 0.2) is 0 Å². The fourth-order valence-corrected chi connectivity index (χ4v) is 6.00. The fraction of sp³-hybridized carbons (Fsp3) is 0.273. The van der Waals surface area contributed by atoms with Crippen molar-refractivity contribution >= 4 is 38.6 Å². The Kier molecular flexibility index (Phi) is 6.06. The third-order valence-electron chi connectivity index (χ3n) is 5.23. The molecule has 0 fully saturated rings. The van der Waals surface area contributed by atoms with Crippen LogP contribution in [-0.4, -0.2) is 21.6 Å². The zero-order chi connectivity index (χ0) is 21.3. The summed E-state index contributed by atoms with van der Waals surface area (Å²) in [5.74, 6) is 0.517. The van der Waals surface area contributed by atoms with E-state index in [9.17, 15) is 8.42 Å². The quantitative estimate of drug-likeness (QED) is 0.539. The highest BCUT2D eigenvalue weighted by atomic mass is 35.5. The predicted octanol–water partition coefficient (Wildman–Crippen LogP) is 5.30. The van der Waals surface area contributed by atoms with Crippen LogP contribution in [0.25, 0.3) is 10.4 Å². The molecule has 4 rings (SSSR count). The second-order valence-corrected chi connectivity index (χ2v) is 10.8. The number of ether oxygens (including phenoxy) is 1. The van der Waals surface area contributed by atoms with E-state index in [2.05, 4.69) is 17.0 Å². The Hall–Kier alpha value is -2.06. The van der Waals surface area contributed by atoms with Crippen molar-refractivity contribution in [1.29, 1.82) is 0 Å². The minimum absolute atomic E-state index is 0.250. The molecule has 3 aromatic rings. The average molecular weight is 463 g/mol. The average Bonchev–Trinajstić information content (AvgIpc) is 3.16. The first-order valence-electron chi connectivity index (χ1n) is 9.67. The van der Waals surface area contributed by atoms with E-state index in [-0.39, 0.29) is 4.21 Å². The number of fused-ring (bicyclic) bond motifs is 1. The van der Waals surface area contributed by atoms with E-state index in [1.807, 2.05) is 30.3 Å². The van der Waals surface area contributed by atoms with Gasteiger partial charge in [0.25, 0.3) is 10.0 Å². The van der Waals surface area contributed by atoms with E-state index in [1.165, 1.54) is 11.3 Å². The van der Waals surface area contributed by atoms with Gasteiger partial charge in [0.05, 0.1) is 12.8 Å². The lowest BCUT2D eigenvalue weighted by molar-refractivity contribution is 0.416. The molecular weight excluding hydrogens is 440 g/mol. The Morgan fingerprint density at radius 1 is 1.13 bits per heavy atom. The zero-order valence-corrected chi connectivity index (χ0v) is 19.1. The number of halogens is 1. The molecule has 0 radical (unpaired) electrons. The minimum atomic E-state index is -3.74. The summed E-state index contributed by atoms with van der Waals surface area (Å²) in [4.78, 5) is 0.862. The monoisotopic (exact) mass is 462 g/mol. The summed E-state index contributed by atoms with van der Waals surface area (Å²) in [6.07, 6.45) is 1.89. The molecule has 1 aliphatic rings. The number of nitrogens with one attached hydrogen (secondary N) is 2. The summed E-state index contributed by atoms with van der Waals surface area (Å²) in [5, 5.41) is 4.11. The molecule has 0 amide bonds. The topological polar surface area (TPSA) is 67.4 Å². The number of thiophene rings is 1. The Morgan fingerprint density at radius 2 is 1.90 bits per heavy atom. The van der Waals surface area contributed by atoms with E-state index in [4.69, 9.17) is 16.3 Å². The van der Waals surface area contributed by atoms with Crippen molar-refractivity contribution in [3.63, 3.8) is 0 Å². The summed E-state index contributed by atoms with van der Waals surface area (Å²) in [7, 11) is -2.19. The van der Waals surface area contributed by atoms with Gasteiger partial charge in [-0.05, 0) is 72.9 Å². The highest BCUT2D eigenvalue weighted by Crippen LogP contribution is 2.35. The maximum Gasteiger partial charge on any atom is 0.271 e. The molecule has 1 unspecified atom stereocenters. The number of aryl methyl sites for hydroxylation is 1. The highest BCUT2D eigenvalue weighted by molar-refractivity contribution is 7.94. The van der Waals surface area contributed by atoms with Gasteiger partial charge in [-0.15, -0.1) is 11.3 Å². The van der Waals surface area contributed by atoms with Crippen LogP contribution in [-0.2, 0) is 23.0 Å². The molecule has 5 nitrogen and oxygen atoms in total. The number of hydrogen-bond donors (Lipinski definition) is 2. The Bertz CT molecular complexity index is 1160. The lowest BCUT2D eigenvalue weighted by atomic mass is 10.0. The minimum Gasteiger partial charge on any atom is -0.495 e. The van der Waals surface area contributed by atoms with Crippen LogP contribution < -0.4 is 14.8 Å². The van der Waals surface area contributed by atoms with E-state index < -0.39 is 10.0 Å². The van der Waals surface area contributed by atoms with Crippen LogP contribution in [0, 0.1) is 0 Å². The number of hydrogen-bond acceptors (Lipinski definition) is 5. The van der Waals surface area contributed by atoms with Crippen LogP contribution >= 0.6 is 22.9 Å². The van der Waals surface area contributed by atoms with Gasteiger partial charge < -0.3 is 10.1 Å². The Morgan fingerprint density at radius 3 is 2.63 bits per heavy atom. The summed E-state index contributed by atoms with van der Waals surface area (Å²) < 4.78 is 34.6. The van der Waals surface area contributed by atoms with Crippen molar-refractivity contribution in [3.8, 4) is 16.2 Å². The van der Waals surface area contributed by atoms with Crippen molar-refractivity contribution < 1.29 is 13.2 Å². The van der Waals surface area contributed by atoms with Gasteiger partial charge in [0.2, 0.25) is 0 Å². The first kappa shape index (κ1) is 21.2.